The number of anilines is 1. The minimum absolute atomic E-state index is 0.121. The standard InChI is InChI=1S/C23H17Cl2N3O3S/c1-2-30-16-7-3-13(4-8-16)22-27-19-12-15(6-10-20(19)31-22)26-23(32)28-21(29)17-9-5-14(24)11-18(17)25/h3-12H,2H2,1H3,(H2,26,28,29,32). The van der Waals surface area contributed by atoms with E-state index in [9.17, 15) is 4.79 Å². The van der Waals surface area contributed by atoms with E-state index in [0.717, 1.165) is 11.3 Å². The van der Waals surface area contributed by atoms with Crippen LogP contribution in [0.3, 0.4) is 0 Å². The fourth-order valence-electron chi connectivity index (χ4n) is 3.00. The third-order valence-corrected chi connectivity index (χ3v) is 5.21. The van der Waals surface area contributed by atoms with E-state index in [1.807, 2.05) is 31.2 Å². The van der Waals surface area contributed by atoms with Gasteiger partial charge in [0.1, 0.15) is 11.3 Å². The molecule has 0 aliphatic rings. The maximum Gasteiger partial charge on any atom is 0.258 e. The lowest BCUT2D eigenvalue weighted by Gasteiger charge is -2.10. The monoisotopic (exact) mass is 485 g/mol. The van der Waals surface area contributed by atoms with Crippen molar-refractivity contribution in [3.05, 3.63) is 76.3 Å². The van der Waals surface area contributed by atoms with Crippen LogP contribution in [0.4, 0.5) is 5.69 Å². The number of hydrogen-bond donors (Lipinski definition) is 2. The molecular formula is C23H17Cl2N3O3S. The number of ether oxygens (including phenoxy) is 1. The second-order valence-corrected chi connectivity index (χ2v) is 7.94. The van der Waals surface area contributed by atoms with E-state index in [-0.39, 0.29) is 15.7 Å². The summed E-state index contributed by atoms with van der Waals surface area (Å²) in [6.07, 6.45) is 0. The molecule has 0 fully saturated rings. The Balaban J connectivity index is 1.46. The van der Waals surface area contributed by atoms with Crippen LogP contribution in [0.25, 0.3) is 22.6 Å². The minimum Gasteiger partial charge on any atom is -0.494 e. The number of carbonyl (C=O) groups excluding carboxylic acids is 1. The largest absolute Gasteiger partial charge is 0.494 e. The van der Waals surface area contributed by atoms with Crippen LogP contribution in [-0.2, 0) is 0 Å². The smallest absolute Gasteiger partial charge is 0.258 e. The van der Waals surface area contributed by atoms with Crippen LogP contribution < -0.4 is 15.4 Å². The number of halogens is 2. The predicted molar refractivity (Wildman–Crippen MR) is 131 cm³/mol. The number of rotatable bonds is 5. The van der Waals surface area contributed by atoms with Crippen molar-refractivity contribution in [3.8, 4) is 17.2 Å². The van der Waals surface area contributed by atoms with Gasteiger partial charge in [0.15, 0.2) is 10.7 Å². The predicted octanol–water partition coefficient (Wildman–Crippen LogP) is 6.33. The molecule has 4 rings (SSSR count). The molecule has 3 aromatic carbocycles. The summed E-state index contributed by atoms with van der Waals surface area (Å²) in [7, 11) is 0. The summed E-state index contributed by atoms with van der Waals surface area (Å²) < 4.78 is 11.3. The van der Waals surface area contributed by atoms with Gasteiger partial charge in [0.25, 0.3) is 5.91 Å². The van der Waals surface area contributed by atoms with Crippen LogP contribution >= 0.6 is 35.4 Å². The van der Waals surface area contributed by atoms with E-state index in [0.29, 0.717) is 34.3 Å². The SMILES string of the molecule is CCOc1ccc(-c2nc3cc(NC(=S)NC(=O)c4ccc(Cl)cc4Cl)ccc3o2)cc1. The highest BCUT2D eigenvalue weighted by Crippen LogP contribution is 2.27. The minimum atomic E-state index is -0.440. The molecule has 162 valence electrons. The van der Waals surface area contributed by atoms with Crippen molar-refractivity contribution >= 4 is 63.2 Å². The summed E-state index contributed by atoms with van der Waals surface area (Å²) in [5.74, 6) is 0.840. The van der Waals surface area contributed by atoms with Gasteiger partial charge >= 0.3 is 0 Å². The highest BCUT2D eigenvalue weighted by molar-refractivity contribution is 7.80. The van der Waals surface area contributed by atoms with Gasteiger partial charge in [0, 0.05) is 16.3 Å². The quantitative estimate of drug-likeness (QED) is 0.321. The first-order valence-corrected chi connectivity index (χ1v) is 10.8. The molecule has 4 aromatic rings. The molecule has 0 saturated carbocycles. The number of aromatic nitrogens is 1. The second kappa shape index (κ2) is 9.56. The van der Waals surface area contributed by atoms with E-state index in [4.69, 9.17) is 44.6 Å². The van der Waals surface area contributed by atoms with Gasteiger partial charge in [0.05, 0.1) is 17.2 Å². The van der Waals surface area contributed by atoms with Crippen molar-refractivity contribution in [3.63, 3.8) is 0 Å². The molecule has 0 saturated heterocycles. The Morgan fingerprint density at radius 1 is 1.09 bits per heavy atom. The highest BCUT2D eigenvalue weighted by atomic mass is 35.5. The summed E-state index contributed by atoms with van der Waals surface area (Å²) in [6, 6.07) is 17.5. The summed E-state index contributed by atoms with van der Waals surface area (Å²) in [5.41, 5.74) is 3.03. The number of fused-ring (bicyclic) bond motifs is 1. The molecular weight excluding hydrogens is 469 g/mol. The normalized spacial score (nSPS) is 10.7. The topological polar surface area (TPSA) is 76.4 Å². The van der Waals surface area contributed by atoms with Crippen molar-refractivity contribution in [1.29, 1.82) is 0 Å². The van der Waals surface area contributed by atoms with Gasteiger partial charge in [-0.15, -0.1) is 0 Å². The van der Waals surface area contributed by atoms with Crippen molar-refractivity contribution in [2.75, 3.05) is 11.9 Å². The summed E-state index contributed by atoms with van der Waals surface area (Å²) in [5, 5.41) is 6.37. The Bertz CT molecular complexity index is 1310. The van der Waals surface area contributed by atoms with E-state index in [1.165, 1.54) is 12.1 Å². The maximum atomic E-state index is 12.4. The lowest BCUT2D eigenvalue weighted by Crippen LogP contribution is -2.34. The molecule has 6 nitrogen and oxygen atoms in total. The molecule has 0 aliphatic heterocycles. The van der Waals surface area contributed by atoms with Gasteiger partial charge < -0.3 is 14.5 Å². The summed E-state index contributed by atoms with van der Waals surface area (Å²) in [6.45, 7) is 2.54. The molecule has 32 heavy (non-hydrogen) atoms. The maximum absolute atomic E-state index is 12.4. The molecule has 0 bridgehead atoms. The van der Waals surface area contributed by atoms with Crippen LogP contribution in [0.1, 0.15) is 17.3 Å². The number of nitrogens with zero attached hydrogens (tertiary/aromatic N) is 1. The molecule has 0 aliphatic carbocycles. The Hall–Kier alpha value is -3.13. The Labute approximate surface area is 199 Å². The number of nitrogens with one attached hydrogen (secondary N) is 2. The molecule has 1 heterocycles. The Morgan fingerprint density at radius 2 is 1.88 bits per heavy atom. The zero-order valence-corrected chi connectivity index (χ0v) is 19.1. The molecule has 1 amide bonds. The lowest BCUT2D eigenvalue weighted by molar-refractivity contribution is 0.0978. The third-order valence-electron chi connectivity index (χ3n) is 4.46. The highest BCUT2D eigenvalue weighted by Gasteiger charge is 2.13. The Kier molecular flexibility index (Phi) is 6.60. The summed E-state index contributed by atoms with van der Waals surface area (Å²) >= 11 is 17.2. The van der Waals surface area contributed by atoms with Crippen molar-refractivity contribution in [2.45, 2.75) is 6.92 Å². The van der Waals surface area contributed by atoms with Crippen LogP contribution in [0, 0.1) is 0 Å². The van der Waals surface area contributed by atoms with Gasteiger partial charge in [-0.1, -0.05) is 23.2 Å². The van der Waals surface area contributed by atoms with Crippen LogP contribution in [0.15, 0.2) is 65.1 Å². The molecule has 0 atom stereocenters. The molecule has 0 radical (unpaired) electrons. The van der Waals surface area contributed by atoms with Gasteiger partial charge in [-0.25, -0.2) is 4.98 Å². The Morgan fingerprint density at radius 3 is 2.59 bits per heavy atom. The number of oxazole rings is 1. The van der Waals surface area contributed by atoms with E-state index in [1.54, 1.807) is 24.3 Å². The fraction of sp³-hybridized carbons (Fsp3) is 0.0870. The number of benzene rings is 3. The van der Waals surface area contributed by atoms with Crippen LogP contribution in [-0.4, -0.2) is 22.6 Å². The van der Waals surface area contributed by atoms with Gasteiger partial charge in [-0.05, 0) is 79.8 Å². The first-order chi connectivity index (χ1) is 15.4. The number of hydrogen-bond acceptors (Lipinski definition) is 5. The second-order valence-electron chi connectivity index (χ2n) is 6.69. The molecule has 1 aromatic heterocycles. The first-order valence-electron chi connectivity index (χ1n) is 9.64. The van der Waals surface area contributed by atoms with Gasteiger partial charge in [-0.2, -0.15) is 0 Å². The van der Waals surface area contributed by atoms with Crippen LogP contribution in [0.5, 0.6) is 5.75 Å². The number of thiocarbonyl (C=S) groups is 1. The third kappa shape index (κ3) is 5.02. The number of amides is 1. The van der Waals surface area contributed by atoms with Crippen molar-refractivity contribution in [1.82, 2.24) is 10.3 Å². The lowest BCUT2D eigenvalue weighted by atomic mass is 10.2. The molecule has 0 unspecified atom stereocenters. The number of carbonyl (C=O) groups is 1. The first kappa shape index (κ1) is 22.1. The molecule has 0 spiro atoms. The summed E-state index contributed by atoms with van der Waals surface area (Å²) in [4.78, 5) is 17.0. The average molecular weight is 486 g/mol. The zero-order valence-electron chi connectivity index (χ0n) is 16.8. The fourth-order valence-corrected chi connectivity index (χ4v) is 3.70. The molecule has 2 N–H and O–H groups in total. The van der Waals surface area contributed by atoms with E-state index >= 15 is 0 Å². The van der Waals surface area contributed by atoms with Crippen molar-refractivity contribution < 1.29 is 13.9 Å². The molecule has 9 heteroatoms. The van der Waals surface area contributed by atoms with Crippen molar-refractivity contribution in [2.24, 2.45) is 0 Å². The zero-order chi connectivity index (χ0) is 22.7. The van der Waals surface area contributed by atoms with E-state index in [2.05, 4.69) is 15.6 Å². The average Bonchev–Trinajstić information content (AvgIpc) is 3.17. The van der Waals surface area contributed by atoms with Crippen LogP contribution in [0.2, 0.25) is 10.0 Å². The van der Waals surface area contributed by atoms with Gasteiger partial charge in [-0.3, -0.25) is 10.1 Å². The van der Waals surface area contributed by atoms with E-state index < -0.39 is 5.91 Å². The van der Waals surface area contributed by atoms with Gasteiger partial charge in [0.2, 0.25) is 5.89 Å².